The molecule has 106 valence electrons. The normalized spacial score (nSPS) is 10.3. The highest BCUT2D eigenvalue weighted by Gasteiger charge is 2.03. The molecule has 20 heavy (non-hydrogen) atoms. The number of hydrogen-bond donors (Lipinski definition) is 1. The van der Waals surface area contributed by atoms with Gasteiger partial charge in [0.2, 0.25) is 0 Å². The van der Waals surface area contributed by atoms with E-state index in [9.17, 15) is 0 Å². The van der Waals surface area contributed by atoms with E-state index < -0.39 is 0 Å². The third-order valence-corrected chi connectivity index (χ3v) is 3.24. The molecule has 0 saturated heterocycles. The first-order valence-corrected chi connectivity index (χ1v) is 6.91. The van der Waals surface area contributed by atoms with Gasteiger partial charge in [-0.1, -0.05) is 24.6 Å². The van der Waals surface area contributed by atoms with E-state index in [1.807, 2.05) is 42.5 Å². The Bertz CT molecular complexity index is 555. The molecular formula is C16H18ClNO2. The minimum Gasteiger partial charge on any atom is -0.497 e. The van der Waals surface area contributed by atoms with Crippen molar-refractivity contribution in [2.45, 2.75) is 13.5 Å². The zero-order valence-corrected chi connectivity index (χ0v) is 12.4. The first-order chi connectivity index (χ1) is 9.72. The van der Waals surface area contributed by atoms with Crippen LogP contribution in [0, 0.1) is 0 Å². The third-order valence-electron chi connectivity index (χ3n) is 2.89. The summed E-state index contributed by atoms with van der Waals surface area (Å²) >= 11 is 6.24. The van der Waals surface area contributed by atoms with E-state index in [1.165, 1.54) is 0 Å². The molecule has 0 aliphatic rings. The van der Waals surface area contributed by atoms with Crippen LogP contribution in [0.15, 0.2) is 42.5 Å². The summed E-state index contributed by atoms with van der Waals surface area (Å²) in [6.07, 6.45) is 0. The van der Waals surface area contributed by atoms with Crippen molar-refractivity contribution in [2.24, 2.45) is 0 Å². The number of halogens is 1. The van der Waals surface area contributed by atoms with E-state index >= 15 is 0 Å². The van der Waals surface area contributed by atoms with Gasteiger partial charge in [-0.05, 0) is 48.5 Å². The molecule has 3 nitrogen and oxygen atoms in total. The Morgan fingerprint density at radius 1 is 1.00 bits per heavy atom. The van der Waals surface area contributed by atoms with Crippen molar-refractivity contribution < 1.29 is 9.47 Å². The molecule has 0 radical (unpaired) electrons. The van der Waals surface area contributed by atoms with Crippen molar-refractivity contribution in [1.29, 1.82) is 0 Å². The zero-order chi connectivity index (χ0) is 14.4. The van der Waals surface area contributed by atoms with Gasteiger partial charge in [-0.25, -0.2) is 0 Å². The number of methoxy groups -OCH3 is 1. The van der Waals surface area contributed by atoms with E-state index in [0.717, 1.165) is 35.9 Å². The quantitative estimate of drug-likeness (QED) is 0.863. The molecule has 0 bridgehead atoms. The van der Waals surface area contributed by atoms with E-state index in [1.54, 1.807) is 7.11 Å². The van der Waals surface area contributed by atoms with Crippen LogP contribution in [0.1, 0.15) is 12.5 Å². The molecule has 2 aromatic carbocycles. The summed E-state index contributed by atoms with van der Waals surface area (Å²) in [7, 11) is 1.64. The standard InChI is InChI=1S/C16H18ClNO2/c1-3-18-11-12-4-5-15(10-16(12)17)20-14-8-6-13(19-2)7-9-14/h4-10,18H,3,11H2,1-2H3. The van der Waals surface area contributed by atoms with Crippen LogP contribution in [0.4, 0.5) is 0 Å². The second-order valence-electron chi connectivity index (χ2n) is 4.31. The van der Waals surface area contributed by atoms with Crippen molar-refractivity contribution in [2.75, 3.05) is 13.7 Å². The lowest BCUT2D eigenvalue weighted by molar-refractivity contribution is 0.413. The Kier molecular flexibility index (Phi) is 5.27. The fourth-order valence-corrected chi connectivity index (χ4v) is 2.01. The molecule has 0 amide bonds. The molecule has 0 atom stereocenters. The maximum absolute atomic E-state index is 6.24. The molecule has 0 heterocycles. The van der Waals surface area contributed by atoms with E-state index in [0.29, 0.717) is 5.02 Å². The Morgan fingerprint density at radius 2 is 1.65 bits per heavy atom. The third kappa shape index (κ3) is 3.89. The lowest BCUT2D eigenvalue weighted by Crippen LogP contribution is -2.11. The minimum atomic E-state index is 0.706. The average molecular weight is 292 g/mol. The van der Waals surface area contributed by atoms with Crippen LogP contribution in [0.25, 0.3) is 0 Å². The van der Waals surface area contributed by atoms with Gasteiger partial charge in [0.1, 0.15) is 17.2 Å². The van der Waals surface area contributed by atoms with Crippen LogP contribution in [-0.2, 0) is 6.54 Å². The van der Waals surface area contributed by atoms with Crippen molar-refractivity contribution in [3.63, 3.8) is 0 Å². The van der Waals surface area contributed by atoms with Gasteiger partial charge in [-0.15, -0.1) is 0 Å². The van der Waals surface area contributed by atoms with Gasteiger partial charge in [-0.3, -0.25) is 0 Å². The van der Waals surface area contributed by atoms with Crippen molar-refractivity contribution in [3.05, 3.63) is 53.1 Å². The molecule has 0 unspecified atom stereocenters. The van der Waals surface area contributed by atoms with Crippen LogP contribution in [-0.4, -0.2) is 13.7 Å². The molecule has 0 aromatic heterocycles. The molecule has 0 saturated carbocycles. The molecule has 4 heteroatoms. The summed E-state index contributed by atoms with van der Waals surface area (Å²) in [4.78, 5) is 0. The lowest BCUT2D eigenvalue weighted by Gasteiger charge is -2.09. The van der Waals surface area contributed by atoms with Gasteiger partial charge in [0.25, 0.3) is 0 Å². The van der Waals surface area contributed by atoms with E-state index in [2.05, 4.69) is 12.2 Å². The summed E-state index contributed by atoms with van der Waals surface area (Å²) < 4.78 is 10.9. The van der Waals surface area contributed by atoms with Gasteiger partial charge in [0.05, 0.1) is 7.11 Å². The van der Waals surface area contributed by atoms with Crippen LogP contribution >= 0.6 is 11.6 Å². The molecule has 0 spiro atoms. The molecular weight excluding hydrogens is 274 g/mol. The van der Waals surface area contributed by atoms with Gasteiger partial charge in [0.15, 0.2) is 0 Å². The monoisotopic (exact) mass is 291 g/mol. The van der Waals surface area contributed by atoms with E-state index in [4.69, 9.17) is 21.1 Å². The Hall–Kier alpha value is -1.71. The molecule has 2 aromatic rings. The van der Waals surface area contributed by atoms with Crippen LogP contribution < -0.4 is 14.8 Å². The minimum absolute atomic E-state index is 0.706. The highest BCUT2D eigenvalue weighted by molar-refractivity contribution is 6.31. The topological polar surface area (TPSA) is 30.5 Å². The molecule has 0 aliphatic heterocycles. The zero-order valence-electron chi connectivity index (χ0n) is 11.7. The van der Waals surface area contributed by atoms with Crippen LogP contribution in [0.5, 0.6) is 17.2 Å². The highest BCUT2D eigenvalue weighted by Crippen LogP contribution is 2.27. The number of hydrogen-bond acceptors (Lipinski definition) is 3. The Labute approximate surface area is 124 Å². The van der Waals surface area contributed by atoms with Crippen molar-refractivity contribution in [3.8, 4) is 17.2 Å². The highest BCUT2D eigenvalue weighted by atomic mass is 35.5. The smallest absolute Gasteiger partial charge is 0.128 e. The van der Waals surface area contributed by atoms with E-state index in [-0.39, 0.29) is 0 Å². The predicted molar refractivity (Wildman–Crippen MR) is 81.9 cm³/mol. The molecule has 1 N–H and O–H groups in total. The molecule has 0 aliphatic carbocycles. The molecule has 2 rings (SSSR count). The van der Waals surface area contributed by atoms with Crippen molar-refractivity contribution >= 4 is 11.6 Å². The van der Waals surface area contributed by atoms with Crippen LogP contribution in [0.3, 0.4) is 0 Å². The second kappa shape index (κ2) is 7.17. The fourth-order valence-electron chi connectivity index (χ4n) is 1.77. The van der Waals surface area contributed by atoms with Gasteiger partial charge in [0, 0.05) is 11.6 Å². The number of rotatable bonds is 6. The Balaban J connectivity index is 2.07. The lowest BCUT2D eigenvalue weighted by atomic mass is 10.2. The number of ether oxygens (including phenoxy) is 2. The second-order valence-corrected chi connectivity index (χ2v) is 4.72. The average Bonchev–Trinajstić information content (AvgIpc) is 2.47. The maximum Gasteiger partial charge on any atom is 0.128 e. The predicted octanol–water partition coefficient (Wildman–Crippen LogP) is 4.25. The summed E-state index contributed by atoms with van der Waals surface area (Å²) in [5, 5.41) is 3.95. The number of nitrogens with one attached hydrogen (secondary N) is 1. The molecule has 0 fully saturated rings. The summed E-state index contributed by atoms with van der Waals surface area (Å²) in [6, 6.07) is 13.2. The van der Waals surface area contributed by atoms with Crippen molar-refractivity contribution in [1.82, 2.24) is 5.32 Å². The Morgan fingerprint density at radius 3 is 2.25 bits per heavy atom. The number of benzene rings is 2. The van der Waals surface area contributed by atoms with Gasteiger partial charge >= 0.3 is 0 Å². The first-order valence-electron chi connectivity index (χ1n) is 6.54. The summed E-state index contributed by atoms with van der Waals surface area (Å²) in [5.74, 6) is 2.28. The van der Waals surface area contributed by atoms with Crippen LogP contribution in [0.2, 0.25) is 5.02 Å². The largest absolute Gasteiger partial charge is 0.497 e. The maximum atomic E-state index is 6.24. The first kappa shape index (κ1) is 14.7. The summed E-state index contributed by atoms with van der Waals surface area (Å²) in [6.45, 7) is 3.74. The van der Waals surface area contributed by atoms with Gasteiger partial charge < -0.3 is 14.8 Å². The van der Waals surface area contributed by atoms with Gasteiger partial charge in [-0.2, -0.15) is 0 Å². The fraction of sp³-hybridized carbons (Fsp3) is 0.250. The SMILES string of the molecule is CCNCc1ccc(Oc2ccc(OC)cc2)cc1Cl. The summed E-state index contributed by atoms with van der Waals surface area (Å²) in [5.41, 5.74) is 1.07.